The third kappa shape index (κ3) is 5.48. The van der Waals surface area contributed by atoms with Gasteiger partial charge in [0.15, 0.2) is 0 Å². The number of carbonyl (C=O) groups excluding carboxylic acids is 1. The number of rotatable bonds is 6. The lowest BCUT2D eigenvalue weighted by molar-refractivity contribution is -0.00761. The van der Waals surface area contributed by atoms with Gasteiger partial charge in [-0.2, -0.15) is 0 Å². The van der Waals surface area contributed by atoms with Crippen molar-refractivity contribution in [1.82, 2.24) is 15.2 Å². The zero-order chi connectivity index (χ0) is 29.1. The minimum atomic E-state index is -1.65. The van der Waals surface area contributed by atoms with Crippen LogP contribution in [0.15, 0.2) is 36.5 Å². The van der Waals surface area contributed by atoms with Gasteiger partial charge >= 0.3 is 0 Å². The molecule has 0 saturated carbocycles. The Morgan fingerprint density at radius 3 is 2.16 bits per heavy atom. The first-order chi connectivity index (χ1) is 17.1. The Morgan fingerprint density at radius 1 is 1.05 bits per heavy atom. The van der Waals surface area contributed by atoms with Crippen LogP contribution in [0, 0.1) is 5.82 Å². The summed E-state index contributed by atoms with van der Waals surface area (Å²) in [7, 11) is 21.8. The van der Waals surface area contributed by atoms with Gasteiger partial charge in [0.2, 0.25) is 0 Å². The molecule has 1 aromatic carbocycles. The van der Waals surface area contributed by atoms with Crippen molar-refractivity contribution in [3.63, 3.8) is 0 Å². The summed E-state index contributed by atoms with van der Waals surface area (Å²) in [5.41, 5.74) is 0.609. The molecule has 0 radical (unpaired) electrons. The minimum Gasteiger partial charge on any atom is -0.360 e. The lowest BCUT2D eigenvalue weighted by atomic mass is 9.24. The Hall–Kier alpha value is -1.34. The summed E-state index contributed by atoms with van der Waals surface area (Å²) in [6.07, 6.45) is 2.02. The van der Waals surface area contributed by atoms with Crippen molar-refractivity contribution in [3.05, 3.63) is 64.2 Å². The molecule has 2 heterocycles. The predicted octanol–water partition coefficient (Wildman–Crippen LogP) is -7.67. The van der Waals surface area contributed by atoms with Crippen molar-refractivity contribution in [2.75, 3.05) is 6.54 Å². The number of carbonyl (C=O) groups is 1. The fourth-order valence-corrected chi connectivity index (χ4v) is 5.98. The summed E-state index contributed by atoms with van der Waals surface area (Å²) in [4.78, 5) is 20.2. The highest BCUT2D eigenvalue weighted by Gasteiger charge is 2.64. The maximum atomic E-state index is 17.3. The Bertz CT molecular complexity index is 1230. The first-order valence-electron chi connectivity index (χ1n) is 13.3. The van der Waals surface area contributed by atoms with Crippen LogP contribution in [0.2, 0.25) is 10.2 Å². The van der Waals surface area contributed by atoms with Crippen LogP contribution >= 0.6 is 11.6 Å². The molecule has 188 valence electrons. The number of aromatic nitrogens is 1. The molecule has 1 N–H and O–H groups in total. The normalized spacial score (nSPS) is 22.6. The van der Waals surface area contributed by atoms with E-state index in [4.69, 9.17) is 16.6 Å². The van der Waals surface area contributed by atoms with Gasteiger partial charge in [-0.15, -0.1) is 0 Å². The van der Waals surface area contributed by atoms with E-state index >= 15 is 4.39 Å². The third-order valence-electron chi connectivity index (χ3n) is 8.98. The largest absolute Gasteiger partial charge is 0.360 e. The minimum absolute atomic E-state index is 0.00204. The zero-order valence-corrected chi connectivity index (χ0v) is 25.6. The SMILES string of the molecule is BC(B)(B)c1ccc(C(B)(B)NCC2(F)CC(B)(B)N(C(=O)c3ccc(F)c(Cl)c3)C(B)(B)C2(B)B)nc1. The average Bonchev–Trinajstić information content (AvgIpc) is 2.77. The molecule has 0 bridgehead atoms. The Labute approximate surface area is 241 Å². The van der Waals surface area contributed by atoms with E-state index in [1.807, 2.05) is 75.0 Å². The molecule has 1 aliphatic heterocycles. The number of amides is 1. The van der Waals surface area contributed by atoms with E-state index in [9.17, 15) is 9.18 Å². The van der Waals surface area contributed by atoms with Gasteiger partial charge in [0.25, 0.3) is 5.91 Å². The predicted molar refractivity (Wildman–Crippen MR) is 184 cm³/mol. The molecule has 1 saturated heterocycles. The molecular weight excluding hydrogens is 491 g/mol. The van der Waals surface area contributed by atoms with Gasteiger partial charge in [-0.25, -0.2) is 8.78 Å². The number of hydrogen-bond donors (Lipinski definition) is 1. The van der Waals surface area contributed by atoms with Gasteiger partial charge in [0.05, 0.1) is 28.6 Å². The van der Waals surface area contributed by atoms with Gasteiger partial charge in [0.1, 0.15) is 74.3 Å². The van der Waals surface area contributed by atoms with Crippen LogP contribution in [-0.4, -0.2) is 125 Å². The van der Waals surface area contributed by atoms with Crippen LogP contribution in [0.3, 0.4) is 0 Å². The molecule has 1 atom stereocenters. The van der Waals surface area contributed by atoms with Crippen LogP contribution in [0.25, 0.3) is 0 Å². The van der Waals surface area contributed by atoms with E-state index in [1.54, 1.807) is 4.90 Å². The maximum absolute atomic E-state index is 17.3. The summed E-state index contributed by atoms with van der Waals surface area (Å²) in [6.45, 7) is 0.0902. The van der Waals surface area contributed by atoms with Crippen molar-refractivity contribution in [1.29, 1.82) is 0 Å². The molecule has 1 amide bonds. The first kappa shape index (κ1) is 31.2. The number of hydrogen-bond acceptors (Lipinski definition) is 3. The Balaban J connectivity index is 1.92. The van der Waals surface area contributed by atoms with Gasteiger partial charge in [-0.1, -0.05) is 22.8 Å². The van der Waals surface area contributed by atoms with Crippen LogP contribution < -0.4 is 5.32 Å². The fraction of sp³-hybridized carbons (Fsp3) is 0.400. The van der Waals surface area contributed by atoms with E-state index in [2.05, 4.69) is 34.9 Å². The summed E-state index contributed by atoms with van der Waals surface area (Å²) in [5.74, 6) is -0.881. The summed E-state index contributed by atoms with van der Waals surface area (Å²) in [5, 5.41) is 0.117. The third-order valence-corrected chi connectivity index (χ3v) is 9.27. The highest BCUT2D eigenvalue weighted by molar-refractivity contribution is 6.59. The van der Waals surface area contributed by atoms with E-state index in [0.717, 1.165) is 11.3 Å². The van der Waals surface area contributed by atoms with E-state index in [1.165, 1.54) is 18.2 Å². The smallest absolute Gasteiger partial charge is 0.252 e. The Morgan fingerprint density at radius 2 is 1.66 bits per heavy atom. The van der Waals surface area contributed by atoms with E-state index in [0.29, 0.717) is 0 Å². The molecule has 1 fully saturated rings. The maximum Gasteiger partial charge on any atom is 0.252 e. The van der Waals surface area contributed by atoms with Crippen molar-refractivity contribution >= 4 is 104 Å². The quantitative estimate of drug-likeness (QED) is 0.383. The second-order valence-electron chi connectivity index (χ2n) is 14.1. The van der Waals surface area contributed by atoms with Crippen molar-refractivity contribution in [2.24, 2.45) is 0 Å². The number of benzene rings is 1. The fourth-order valence-electron chi connectivity index (χ4n) is 5.80. The second kappa shape index (κ2) is 9.94. The lowest BCUT2D eigenvalue weighted by Gasteiger charge is -2.67. The number of likely N-dealkylation sites (tertiary alicyclic amines) is 1. The van der Waals surface area contributed by atoms with E-state index in [-0.39, 0.29) is 34.6 Å². The zero-order valence-electron chi connectivity index (χ0n) is 24.8. The molecule has 1 aromatic heterocycles. The van der Waals surface area contributed by atoms with Gasteiger partial charge < -0.3 is 10.2 Å². The molecule has 1 unspecified atom stereocenters. The number of halogens is 3. The number of nitrogens with one attached hydrogen (secondary N) is 1. The van der Waals surface area contributed by atoms with Crippen molar-refractivity contribution in [3.8, 4) is 0 Å². The molecule has 0 aliphatic carbocycles. The average molecular weight is 524 g/mol. The van der Waals surface area contributed by atoms with Gasteiger partial charge in [-0.3, -0.25) is 9.78 Å². The highest BCUT2D eigenvalue weighted by atomic mass is 35.5. The van der Waals surface area contributed by atoms with Crippen LogP contribution in [-0.2, 0) is 10.5 Å². The van der Waals surface area contributed by atoms with Crippen LogP contribution in [0.5, 0.6) is 0 Å². The summed E-state index contributed by atoms with van der Waals surface area (Å²) < 4.78 is 31.1. The van der Waals surface area contributed by atoms with E-state index < -0.39 is 32.7 Å². The second-order valence-corrected chi connectivity index (χ2v) is 14.5. The number of pyridine rings is 1. The number of nitrogens with zero attached hydrogens (tertiary/aromatic N) is 2. The van der Waals surface area contributed by atoms with Crippen LogP contribution in [0.4, 0.5) is 8.78 Å². The van der Waals surface area contributed by atoms with Crippen LogP contribution in [0.1, 0.15) is 28.0 Å². The monoisotopic (exact) mass is 525 g/mol. The molecular formula is C20H33B11ClF2N3O. The molecule has 3 rings (SSSR count). The molecule has 18 heteroatoms. The van der Waals surface area contributed by atoms with Gasteiger partial charge in [-0.05, 0) is 57.5 Å². The van der Waals surface area contributed by atoms with Gasteiger partial charge in [0, 0.05) is 24.0 Å². The first-order valence-corrected chi connectivity index (χ1v) is 13.7. The highest BCUT2D eigenvalue weighted by Crippen LogP contribution is 2.55. The molecule has 1 aliphatic rings. The summed E-state index contributed by atoms with van der Waals surface area (Å²) >= 11 is 5.99. The van der Waals surface area contributed by atoms with Crippen molar-refractivity contribution in [2.45, 2.75) is 38.4 Å². The Kier molecular flexibility index (Phi) is 8.16. The molecule has 2 aromatic rings. The number of alkyl halides is 1. The molecule has 38 heavy (non-hydrogen) atoms. The summed E-state index contributed by atoms with van der Waals surface area (Å²) in [6, 6.07) is 8.06. The van der Waals surface area contributed by atoms with Crippen molar-refractivity contribution < 1.29 is 13.6 Å². The topological polar surface area (TPSA) is 45.2 Å². The molecule has 4 nitrogen and oxygen atoms in total. The standard InChI is InChI=1S/C20H33B11ClF2N3O/c21-16(22)7-15(34,8-36-18(26,27)13-4-2-10(6-35-13)17(23,24)25)19(28,29)20(30,31)37(16)14(38)9-1-3-12(33)11(32)5-9/h1-6,36H,7-8,21-31H2. The lowest BCUT2D eigenvalue weighted by Crippen LogP contribution is -2.79. The molecule has 0 spiro atoms. The number of piperidine rings is 1.